The van der Waals surface area contributed by atoms with Gasteiger partial charge in [0, 0.05) is 29.4 Å². The molecule has 0 spiro atoms. The molecule has 1 heterocycles. The summed E-state index contributed by atoms with van der Waals surface area (Å²) in [5, 5.41) is 13.2. The number of carbonyl (C=O) groups is 2. The first-order valence-corrected chi connectivity index (χ1v) is 13.1. The monoisotopic (exact) mass is 524 g/mol. The smallest absolute Gasteiger partial charge is 0.336 e. The van der Waals surface area contributed by atoms with Crippen LogP contribution in [-0.2, 0) is 13.0 Å². The molecule has 0 saturated carbocycles. The van der Waals surface area contributed by atoms with Gasteiger partial charge < -0.3 is 15.3 Å². The van der Waals surface area contributed by atoms with Crippen molar-refractivity contribution in [1.29, 1.82) is 0 Å². The summed E-state index contributed by atoms with van der Waals surface area (Å²) in [7, 11) is 0. The lowest BCUT2D eigenvalue weighted by molar-refractivity contribution is 0.0697. The van der Waals surface area contributed by atoms with Crippen LogP contribution in [0, 0.1) is 0 Å². The number of hydrogen-bond donors (Lipinski definition) is 2. The van der Waals surface area contributed by atoms with Crippen molar-refractivity contribution in [2.75, 3.05) is 11.4 Å². The number of hydrogen-bond acceptors (Lipinski definition) is 3. The van der Waals surface area contributed by atoms with E-state index in [-0.39, 0.29) is 11.9 Å². The van der Waals surface area contributed by atoms with Gasteiger partial charge in [-0.1, -0.05) is 66.2 Å². The summed E-state index contributed by atoms with van der Waals surface area (Å²) in [5.41, 5.74) is 6.98. The third kappa shape index (κ3) is 5.58. The van der Waals surface area contributed by atoms with Crippen molar-refractivity contribution in [2.45, 2.75) is 32.4 Å². The van der Waals surface area contributed by atoms with Gasteiger partial charge in [0.1, 0.15) is 0 Å². The Labute approximate surface area is 227 Å². The number of nitrogens with zero attached hydrogens (tertiary/aromatic N) is 1. The first kappa shape index (κ1) is 25.6. The van der Waals surface area contributed by atoms with Gasteiger partial charge in [0.15, 0.2) is 0 Å². The van der Waals surface area contributed by atoms with E-state index in [1.807, 2.05) is 73.7 Å². The highest BCUT2D eigenvalue weighted by Crippen LogP contribution is 2.31. The molecule has 1 amide bonds. The molecule has 5 nitrogen and oxygen atoms in total. The highest BCUT2D eigenvalue weighted by molar-refractivity contribution is 6.30. The number of carboxylic acid groups (broad SMARTS) is 1. The molecule has 0 radical (unpaired) electrons. The zero-order chi connectivity index (χ0) is 26.6. The quantitative estimate of drug-likeness (QED) is 0.269. The summed E-state index contributed by atoms with van der Waals surface area (Å²) in [5.74, 6) is -1.03. The Kier molecular flexibility index (Phi) is 7.47. The molecule has 4 aromatic rings. The van der Waals surface area contributed by atoms with Gasteiger partial charge in [-0.3, -0.25) is 4.79 Å². The molecule has 0 fully saturated rings. The first-order chi connectivity index (χ1) is 18.4. The number of fused-ring (bicyclic) bond motifs is 1. The number of aryl methyl sites for hydroxylation is 1. The Morgan fingerprint density at radius 1 is 0.974 bits per heavy atom. The maximum Gasteiger partial charge on any atom is 0.336 e. The summed E-state index contributed by atoms with van der Waals surface area (Å²) in [6, 6.07) is 28.5. The van der Waals surface area contributed by atoms with Crippen LogP contribution in [0.2, 0.25) is 5.02 Å². The number of halogens is 1. The average molecular weight is 525 g/mol. The summed E-state index contributed by atoms with van der Waals surface area (Å²) in [4.78, 5) is 26.9. The third-order valence-corrected chi connectivity index (χ3v) is 7.28. The highest BCUT2D eigenvalue weighted by atomic mass is 35.5. The van der Waals surface area contributed by atoms with Gasteiger partial charge in [-0.2, -0.15) is 0 Å². The Morgan fingerprint density at radius 3 is 2.53 bits per heavy atom. The summed E-state index contributed by atoms with van der Waals surface area (Å²) >= 11 is 6.11. The van der Waals surface area contributed by atoms with Crippen LogP contribution in [0.4, 0.5) is 5.69 Å². The Bertz CT molecular complexity index is 1480. The predicted molar refractivity (Wildman–Crippen MR) is 152 cm³/mol. The molecule has 192 valence electrons. The zero-order valence-electron chi connectivity index (χ0n) is 21.2. The molecular formula is C32H29ClN2O3. The van der Waals surface area contributed by atoms with Gasteiger partial charge in [-0.25, -0.2) is 4.79 Å². The van der Waals surface area contributed by atoms with Crippen LogP contribution < -0.4 is 10.2 Å². The van der Waals surface area contributed by atoms with Crippen LogP contribution in [0.5, 0.6) is 0 Å². The minimum atomic E-state index is -0.929. The molecule has 0 unspecified atom stereocenters. The Hall–Kier alpha value is -4.09. The fraction of sp³-hybridized carbons (Fsp3) is 0.188. The van der Waals surface area contributed by atoms with Gasteiger partial charge in [0.05, 0.1) is 11.6 Å². The van der Waals surface area contributed by atoms with Crippen LogP contribution in [-0.4, -0.2) is 23.5 Å². The fourth-order valence-electron chi connectivity index (χ4n) is 5.05. The Morgan fingerprint density at radius 2 is 1.76 bits per heavy atom. The number of aromatic carboxylic acids is 1. The van der Waals surface area contributed by atoms with E-state index in [4.69, 9.17) is 11.6 Å². The largest absolute Gasteiger partial charge is 0.478 e. The number of nitrogens with one attached hydrogen (secondary N) is 1. The first-order valence-electron chi connectivity index (χ1n) is 12.7. The van der Waals surface area contributed by atoms with E-state index in [0.717, 1.165) is 48.3 Å². The van der Waals surface area contributed by atoms with Crippen molar-refractivity contribution < 1.29 is 14.7 Å². The number of benzene rings is 4. The van der Waals surface area contributed by atoms with E-state index < -0.39 is 5.97 Å². The molecular weight excluding hydrogens is 496 g/mol. The van der Waals surface area contributed by atoms with Gasteiger partial charge in [-0.15, -0.1) is 0 Å². The molecule has 2 N–H and O–H groups in total. The topological polar surface area (TPSA) is 69.6 Å². The lowest BCUT2D eigenvalue weighted by Crippen LogP contribution is -2.30. The van der Waals surface area contributed by atoms with Gasteiger partial charge in [-0.05, 0) is 84.0 Å². The number of carboxylic acids is 1. The van der Waals surface area contributed by atoms with E-state index in [0.29, 0.717) is 21.7 Å². The molecule has 4 aromatic carbocycles. The summed E-state index contributed by atoms with van der Waals surface area (Å²) < 4.78 is 0. The zero-order valence-corrected chi connectivity index (χ0v) is 21.9. The van der Waals surface area contributed by atoms with Crippen LogP contribution in [0.25, 0.3) is 11.1 Å². The summed E-state index contributed by atoms with van der Waals surface area (Å²) in [6.45, 7) is 3.63. The summed E-state index contributed by atoms with van der Waals surface area (Å²) in [6.07, 6.45) is 1.95. The fourth-order valence-corrected chi connectivity index (χ4v) is 5.25. The van der Waals surface area contributed by atoms with Gasteiger partial charge in [0.2, 0.25) is 0 Å². The minimum Gasteiger partial charge on any atom is -0.478 e. The van der Waals surface area contributed by atoms with Crippen LogP contribution >= 0.6 is 11.6 Å². The van der Waals surface area contributed by atoms with Crippen LogP contribution in [0.15, 0.2) is 91.0 Å². The van der Waals surface area contributed by atoms with Crippen molar-refractivity contribution in [2.24, 2.45) is 0 Å². The molecule has 0 aromatic heterocycles. The van der Waals surface area contributed by atoms with Gasteiger partial charge >= 0.3 is 5.97 Å². The normalized spacial score (nSPS) is 13.5. The van der Waals surface area contributed by atoms with E-state index in [1.165, 1.54) is 5.56 Å². The maximum absolute atomic E-state index is 13.0. The van der Waals surface area contributed by atoms with Crippen LogP contribution in [0.3, 0.4) is 0 Å². The van der Waals surface area contributed by atoms with E-state index in [9.17, 15) is 14.7 Å². The van der Waals surface area contributed by atoms with E-state index in [2.05, 4.69) is 22.3 Å². The van der Waals surface area contributed by atoms with Crippen LogP contribution in [0.1, 0.15) is 56.8 Å². The van der Waals surface area contributed by atoms with Gasteiger partial charge in [0.25, 0.3) is 5.91 Å². The second kappa shape index (κ2) is 11.1. The standard InChI is InChI=1S/C32H29ClN2O3/c1-21(24-6-4-8-27(33)19-24)34-31(36)26-15-16-30-25(18-26)7-5-17-35(30)20-22-11-13-23(14-12-22)28-9-2-3-10-29(28)32(37)38/h2-4,6,8-16,18-19,21H,5,7,17,20H2,1H3,(H,34,36)(H,37,38)/t21-/m0/s1. The second-order valence-corrected chi connectivity index (χ2v) is 10.1. The molecule has 1 atom stereocenters. The SMILES string of the molecule is C[C@H](NC(=O)c1ccc2c(c1)CCCN2Cc1ccc(-c2ccccc2C(=O)O)cc1)c1cccc(Cl)c1. The molecule has 0 aliphatic carbocycles. The Balaban J connectivity index is 1.29. The number of rotatable bonds is 7. The lowest BCUT2D eigenvalue weighted by atomic mass is 9.97. The van der Waals surface area contributed by atoms with E-state index >= 15 is 0 Å². The molecule has 6 heteroatoms. The molecule has 5 rings (SSSR count). The minimum absolute atomic E-state index is 0.102. The predicted octanol–water partition coefficient (Wildman–Crippen LogP) is 7.15. The molecule has 38 heavy (non-hydrogen) atoms. The number of carbonyl (C=O) groups excluding carboxylic acids is 1. The number of anilines is 1. The van der Waals surface area contributed by atoms with Crippen molar-refractivity contribution >= 4 is 29.2 Å². The highest BCUT2D eigenvalue weighted by Gasteiger charge is 2.20. The third-order valence-electron chi connectivity index (χ3n) is 7.05. The lowest BCUT2D eigenvalue weighted by Gasteiger charge is -2.32. The van der Waals surface area contributed by atoms with Crippen molar-refractivity contribution in [3.05, 3.63) is 124 Å². The number of amides is 1. The molecule has 0 bridgehead atoms. The molecule has 1 aliphatic heterocycles. The van der Waals surface area contributed by atoms with Crippen molar-refractivity contribution in [1.82, 2.24) is 5.32 Å². The molecule has 1 aliphatic rings. The second-order valence-electron chi connectivity index (χ2n) is 9.67. The average Bonchev–Trinajstić information content (AvgIpc) is 2.93. The maximum atomic E-state index is 13.0. The van der Waals surface area contributed by atoms with E-state index in [1.54, 1.807) is 12.1 Å². The molecule has 0 saturated heterocycles. The van der Waals surface area contributed by atoms with Crippen molar-refractivity contribution in [3.63, 3.8) is 0 Å². The van der Waals surface area contributed by atoms with Crippen molar-refractivity contribution in [3.8, 4) is 11.1 Å².